The maximum Gasteiger partial charge on any atom is 2.00 e. The molecule has 0 bridgehead atoms. The molecule has 0 aromatic rings. The summed E-state index contributed by atoms with van der Waals surface area (Å²) in [5.41, 5.74) is 0. The van der Waals surface area contributed by atoms with Crippen LogP contribution in [-0.2, 0) is 58.1 Å². The molecule has 0 aliphatic rings. The number of aliphatic carboxylic acids is 4. The SMILES string of the molecule is CC(O)C(=O)[O-].CC(O)C(=O)[O-].CC(O)C(=O)[O-].CC(O)C(=O)[O-].[Zn+2].[Zn+2]. The number of rotatable bonds is 4. The third-order valence-corrected chi connectivity index (χ3v) is 1.36. The summed E-state index contributed by atoms with van der Waals surface area (Å²) in [6, 6.07) is 0. The smallest absolute Gasteiger partial charge is 0.547 e. The molecule has 4 atom stereocenters. The van der Waals surface area contributed by atoms with Crippen molar-refractivity contribution in [2.75, 3.05) is 0 Å². The van der Waals surface area contributed by atoms with E-state index in [1.807, 2.05) is 0 Å². The number of carboxylic acid groups (broad SMARTS) is 4. The molecule has 0 aliphatic carbocycles. The first-order chi connectivity index (χ1) is 10.6. The van der Waals surface area contributed by atoms with E-state index in [2.05, 4.69) is 0 Å². The zero-order valence-electron chi connectivity index (χ0n) is 14.8. The Hall–Kier alpha value is -1.03. The molecule has 12 nitrogen and oxygen atoms in total. The van der Waals surface area contributed by atoms with Gasteiger partial charge in [0.25, 0.3) is 0 Å². The molecule has 0 aliphatic heterocycles. The van der Waals surface area contributed by atoms with Crippen LogP contribution in [0.15, 0.2) is 0 Å². The van der Waals surface area contributed by atoms with Crippen molar-refractivity contribution in [1.29, 1.82) is 0 Å². The van der Waals surface area contributed by atoms with Gasteiger partial charge in [-0.1, -0.05) is 0 Å². The Bertz CT molecular complexity index is 310. The second kappa shape index (κ2) is 24.0. The van der Waals surface area contributed by atoms with Crippen molar-refractivity contribution in [3.63, 3.8) is 0 Å². The molecule has 14 heteroatoms. The molecule has 0 heterocycles. The minimum Gasteiger partial charge on any atom is -0.547 e. The summed E-state index contributed by atoms with van der Waals surface area (Å²) in [7, 11) is 0. The van der Waals surface area contributed by atoms with E-state index < -0.39 is 48.3 Å². The fraction of sp³-hybridized carbons (Fsp3) is 0.667. The molecule has 0 saturated carbocycles. The van der Waals surface area contributed by atoms with Crippen LogP contribution in [0.4, 0.5) is 0 Å². The van der Waals surface area contributed by atoms with Crippen molar-refractivity contribution < 1.29 is 99.0 Å². The van der Waals surface area contributed by atoms with Crippen molar-refractivity contribution >= 4 is 23.9 Å². The average molecular weight is 487 g/mol. The van der Waals surface area contributed by atoms with Crippen LogP contribution in [-0.4, -0.2) is 68.7 Å². The summed E-state index contributed by atoms with van der Waals surface area (Å²) in [5.74, 6) is -5.74. The summed E-state index contributed by atoms with van der Waals surface area (Å²) in [4.78, 5) is 37.4. The number of carboxylic acids is 4. The fourth-order valence-corrected chi connectivity index (χ4v) is 0. The number of aliphatic hydroxyl groups excluding tert-OH is 4. The summed E-state index contributed by atoms with van der Waals surface area (Å²) in [6.07, 6.45) is -5.37. The minimum absolute atomic E-state index is 0. The van der Waals surface area contributed by atoms with Gasteiger partial charge < -0.3 is 60.0 Å². The van der Waals surface area contributed by atoms with Gasteiger partial charge in [0.1, 0.15) is 0 Å². The van der Waals surface area contributed by atoms with E-state index in [4.69, 9.17) is 20.4 Å². The van der Waals surface area contributed by atoms with Gasteiger partial charge in [-0.3, -0.25) is 0 Å². The van der Waals surface area contributed by atoms with Crippen LogP contribution in [0.3, 0.4) is 0 Å². The molecule has 144 valence electrons. The van der Waals surface area contributed by atoms with Gasteiger partial charge in [-0.2, -0.15) is 0 Å². The van der Waals surface area contributed by atoms with Gasteiger partial charge >= 0.3 is 39.0 Å². The number of carbonyl (C=O) groups excluding carboxylic acids is 4. The molecule has 0 radical (unpaired) electrons. The first-order valence-electron chi connectivity index (χ1n) is 6.13. The molecule has 26 heavy (non-hydrogen) atoms. The summed E-state index contributed by atoms with van der Waals surface area (Å²) < 4.78 is 0. The van der Waals surface area contributed by atoms with Crippen LogP contribution in [0.1, 0.15) is 27.7 Å². The Balaban J connectivity index is -0.0000000500. The fourth-order valence-electron chi connectivity index (χ4n) is 0. The Morgan fingerprint density at radius 3 is 0.538 bits per heavy atom. The van der Waals surface area contributed by atoms with Gasteiger partial charge in [0.2, 0.25) is 0 Å². The number of hydrogen-bond acceptors (Lipinski definition) is 12. The van der Waals surface area contributed by atoms with Crippen molar-refractivity contribution in [2.45, 2.75) is 52.1 Å². The monoisotopic (exact) mass is 484 g/mol. The molecule has 0 aromatic heterocycles. The molecule has 0 amide bonds. The molecule has 0 rings (SSSR count). The van der Waals surface area contributed by atoms with E-state index in [1.54, 1.807) is 0 Å². The van der Waals surface area contributed by atoms with Crippen LogP contribution < -0.4 is 20.4 Å². The van der Waals surface area contributed by atoms with Gasteiger partial charge in [0, 0.05) is 0 Å². The van der Waals surface area contributed by atoms with Crippen molar-refractivity contribution in [1.82, 2.24) is 0 Å². The predicted molar refractivity (Wildman–Crippen MR) is 66.8 cm³/mol. The van der Waals surface area contributed by atoms with Gasteiger partial charge in [0.05, 0.1) is 48.3 Å². The van der Waals surface area contributed by atoms with Crippen LogP contribution in [0.2, 0.25) is 0 Å². The van der Waals surface area contributed by atoms with E-state index in [0.717, 1.165) is 27.7 Å². The topological polar surface area (TPSA) is 241 Å². The van der Waals surface area contributed by atoms with E-state index in [-0.39, 0.29) is 39.0 Å². The molecule has 4 N–H and O–H groups in total. The molecule has 4 unspecified atom stereocenters. The maximum absolute atomic E-state index is 9.34. The summed E-state index contributed by atoms with van der Waals surface area (Å²) >= 11 is 0. The van der Waals surface area contributed by atoms with E-state index in [1.165, 1.54) is 0 Å². The molecule has 0 saturated heterocycles. The minimum atomic E-state index is -1.44. The standard InChI is InChI=1S/4C3H6O3.2Zn/c4*1-2(4)3(5)6;;/h4*2,4H,1H3,(H,5,6);;/q;;;;2*+2/p-4. The van der Waals surface area contributed by atoms with Crippen LogP contribution in [0.25, 0.3) is 0 Å². The van der Waals surface area contributed by atoms with Crippen molar-refractivity contribution in [2.24, 2.45) is 0 Å². The Morgan fingerprint density at radius 1 is 0.500 bits per heavy atom. The summed E-state index contributed by atoms with van der Waals surface area (Å²) in [6.45, 7) is 4.54. The van der Waals surface area contributed by atoms with Crippen LogP contribution >= 0.6 is 0 Å². The predicted octanol–water partition coefficient (Wildman–Crippen LogP) is -7.54. The van der Waals surface area contributed by atoms with Gasteiger partial charge in [-0.25, -0.2) is 0 Å². The Kier molecular flexibility index (Phi) is 36.7. The number of aliphatic hydroxyl groups is 4. The largest absolute Gasteiger partial charge is 2.00 e. The van der Waals surface area contributed by atoms with E-state index >= 15 is 0 Å². The summed E-state index contributed by atoms with van der Waals surface area (Å²) in [5, 5.41) is 69.2. The zero-order valence-corrected chi connectivity index (χ0v) is 20.7. The van der Waals surface area contributed by atoms with Gasteiger partial charge in [-0.15, -0.1) is 0 Å². The van der Waals surface area contributed by atoms with Crippen LogP contribution in [0.5, 0.6) is 0 Å². The molecule has 0 fully saturated rings. The normalized spacial score (nSPS) is 12.6. The average Bonchev–Trinajstić information content (AvgIpc) is 2.40. The first kappa shape index (κ1) is 39.9. The molecule has 0 aromatic carbocycles. The molecule has 0 spiro atoms. The first-order valence-corrected chi connectivity index (χ1v) is 6.13. The van der Waals surface area contributed by atoms with E-state index in [0.29, 0.717) is 0 Å². The molecular formula is C12H20O12Zn2. The third-order valence-electron chi connectivity index (χ3n) is 1.36. The zero-order chi connectivity index (χ0) is 20.6. The van der Waals surface area contributed by atoms with Gasteiger partial charge in [0.15, 0.2) is 0 Å². The van der Waals surface area contributed by atoms with Gasteiger partial charge in [-0.05, 0) is 27.7 Å². The second-order valence-corrected chi connectivity index (χ2v) is 3.98. The quantitative estimate of drug-likeness (QED) is 0.270. The Morgan fingerprint density at radius 2 is 0.538 bits per heavy atom. The van der Waals surface area contributed by atoms with Crippen molar-refractivity contribution in [3.8, 4) is 0 Å². The van der Waals surface area contributed by atoms with Crippen LogP contribution in [0, 0.1) is 0 Å². The second-order valence-electron chi connectivity index (χ2n) is 3.98. The maximum atomic E-state index is 9.34. The number of carbonyl (C=O) groups is 4. The Labute approximate surface area is 175 Å². The van der Waals surface area contributed by atoms with Crippen molar-refractivity contribution in [3.05, 3.63) is 0 Å². The number of hydrogen-bond donors (Lipinski definition) is 4. The third kappa shape index (κ3) is 49.5. The van der Waals surface area contributed by atoms with E-state index in [9.17, 15) is 39.6 Å². The molecular weight excluding hydrogens is 467 g/mol.